The van der Waals surface area contributed by atoms with Crippen molar-refractivity contribution in [3.8, 4) is 0 Å². The summed E-state index contributed by atoms with van der Waals surface area (Å²) in [6.07, 6.45) is 5.18. The van der Waals surface area contributed by atoms with Gasteiger partial charge in [-0.25, -0.2) is 4.79 Å². The van der Waals surface area contributed by atoms with Crippen LogP contribution in [0.25, 0.3) is 0 Å². The summed E-state index contributed by atoms with van der Waals surface area (Å²) in [5.41, 5.74) is 2.25. The fraction of sp³-hybridized carbons (Fsp3) is 0.611. The highest BCUT2D eigenvalue weighted by Crippen LogP contribution is 2.15. The lowest BCUT2D eigenvalue weighted by molar-refractivity contribution is 0.217. The molecule has 0 saturated carbocycles. The monoisotopic (exact) mass is 333 g/mol. The number of likely N-dealkylation sites (tertiary alicyclic amines) is 1. The van der Waals surface area contributed by atoms with E-state index in [4.69, 9.17) is 0 Å². The Morgan fingerprint density at radius 1 is 1.00 bits per heavy atom. The number of carbonyl (C=O) groups excluding carboxylic acids is 1. The van der Waals surface area contributed by atoms with Crippen LogP contribution in [-0.4, -0.2) is 60.1 Å². The van der Waals surface area contributed by atoms with Gasteiger partial charge in [0.1, 0.15) is 0 Å². The third-order valence-electron chi connectivity index (χ3n) is 4.67. The number of amides is 2. The van der Waals surface area contributed by atoms with Crippen molar-refractivity contribution >= 4 is 23.5 Å². The van der Waals surface area contributed by atoms with E-state index in [1.165, 1.54) is 37.9 Å². The van der Waals surface area contributed by atoms with Crippen LogP contribution in [0, 0.1) is 0 Å². The molecule has 0 bridgehead atoms. The summed E-state index contributed by atoms with van der Waals surface area (Å²) in [5.74, 6) is 2.09. The summed E-state index contributed by atoms with van der Waals surface area (Å²) < 4.78 is 0. The molecule has 2 saturated heterocycles. The fourth-order valence-electron chi connectivity index (χ4n) is 3.19. The number of thioether (sulfide) groups is 1. The Labute approximate surface area is 143 Å². The third kappa shape index (κ3) is 5.15. The lowest BCUT2D eigenvalue weighted by Gasteiger charge is -2.27. The maximum atomic E-state index is 12.2. The summed E-state index contributed by atoms with van der Waals surface area (Å²) >= 11 is 1.92. The van der Waals surface area contributed by atoms with Crippen molar-refractivity contribution in [3.05, 3.63) is 29.8 Å². The number of carbonyl (C=O) groups is 1. The number of anilines is 1. The molecular formula is C18H27N3OS. The molecule has 23 heavy (non-hydrogen) atoms. The molecule has 4 nitrogen and oxygen atoms in total. The molecule has 0 aliphatic carbocycles. The Hall–Kier alpha value is -1.20. The first-order valence-corrected chi connectivity index (χ1v) is 9.92. The summed E-state index contributed by atoms with van der Waals surface area (Å²) in [5, 5.41) is 3.01. The first-order valence-electron chi connectivity index (χ1n) is 8.76. The zero-order valence-corrected chi connectivity index (χ0v) is 14.6. The number of hydrogen-bond acceptors (Lipinski definition) is 3. The first-order chi connectivity index (χ1) is 11.3. The molecule has 0 aromatic heterocycles. The summed E-state index contributed by atoms with van der Waals surface area (Å²) in [4.78, 5) is 16.7. The maximum Gasteiger partial charge on any atom is 0.321 e. The molecule has 2 aliphatic heterocycles. The zero-order valence-electron chi connectivity index (χ0n) is 13.8. The van der Waals surface area contributed by atoms with E-state index < -0.39 is 0 Å². The highest BCUT2D eigenvalue weighted by molar-refractivity contribution is 7.99. The predicted molar refractivity (Wildman–Crippen MR) is 98.4 cm³/mol. The molecule has 2 amide bonds. The molecule has 3 rings (SSSR count). The minimum absolute atomic E-state index is 0.0337. The molecule has 2 fully saturated rings. The second kappa shape index (κ2) is 8.60. The van der Waals surface area contributed by atoms with Crippen LogP contribution in [0.2, 0.25) is 0 Å². The molecule has 2 aliphatic rings. The molecule has 1 aromatic rings. The van der Waals surface area contributed by atoms with Crippen molar-refractivity contribution in [1.82, 2.24) is 9.80 Å². The summed E-state index contributed by atoms with van der Waals surface area (Å²) in [7, 11) is 0. The normalized spacial score (nSPS) is 19.6. The van der Waals surface area contributed by atoms with Crippen molar-refractivity contribution in [2.75, 3.05) is 49.5 Å². The van der Waals surface area contributed by atoms with Crippen LogP contribution >= 0.6 is 11.8 Å². The van der Waals surface area contributed by atoms with Crippen LogP contribution in [0.15, 0.2) is 24.3 Å². The molecule has 5 heteroatoms. The number of nitrogens with one attached hydrogen (secondary N) is 1. The van der Waals surface area contributed by atoms with Gasteiger partial charge >= 0.3 is 6.03 Å². The second-order valence-electron chi connectivity index (χ2n) is 6.38. The average Bonchev–Trinajstić information content (AvgIpc) is 2.63. The van der Waals surface area contributed by atoms with E-state index in [1.54, 1.807) is 0 Å². The average molecular weight is 334 g/mol. The fourth-order valence-corrected chi connectivity index (χ4v) is 4.10. The molecule has 0 atom stereocenters. The number of benzene rings is 1. The number of rotatable bonds is 4. The maximum absolute atomic E-state index is 12.2. The quantitative estimate of drug-likeness (QED) is 0.918. The lowest BCUT2D eigenvalue weighted by Crippen LogP contribution is -2.40. The van der Waals surface area contributed by atoms with E-state index in [0.717, 1.165) is 43.2 Å². The lowest BCUT2D eigenvalue weighted by atomic mass is 10.1. The van der Waals surface area contributed by atoms with E-state index in [2.05, 4.69) is 22.3 Å². The van der Waals surface area contributed by atoms with Gasteiger partial charge in [-0.1, -0.05) is 18.6 Å². The molecule has 126 valence electrons. The van der Waals surface area contributed by atoms with Crippen molar-refractivity contribution in [2.24, 2.45) is 0 Å². The third-order valence-corrected chi connectivity index (χ3v) is 5.61. The minimum atomic E-state index is 0.0337. The highest BCUT2D eigenvalue weighted by atomic mass is 32.2. The van der Waals surface area contributed by atoms with Gasteiger partial charge in [0, 0.05) is 36.8 Å². The van der Waals surface area contributed by atoms with Crippen LogP contribution in [0.4, 0.5) is 10.5 Å². The number of urea groups is 1. The van der Waals surface area contributed by atoms with Crippen LogP contribution in [0.3, 0.4) is 0 Å². The summed E-state index contributed by atoms with van der Waals surface area (Å²) in [6.45, 7) is 5.36. The predicted octanol–water partition coefficient (Wildman–Crippen LogP) is 3.30. The van der Waals surface area contributed by atoms with E-state index in [9.17, 15) is 4.79 Å². The minimum Gasteiger partial charge on any atom is -0.323 e. The molecule has 1 aromatic carbocycles. The number of piperidine rings is 1. The van der Waals surface area contributed by atoms with E-state index in [-0.39, 0.29) is 6.03 Å². The standard InChI is InChI=1S/C18H27N3OS/c22-18(21-12-14-23-15-13-21)19-17-6-4-16(5-7-17)8-11-20-9-2-1-3-10-20/h4-7H,1-3,8-15H2,(H,19,22). The van der Waals surface area contributed by atoms with Gasteiger partial charge in [-0.3, -0.25) is 0 Å². The van der Waals surface area contributed by atoms with E-state index in [1.807, 2.05) is 28.8 Å². The van der Waals surface area contributed by atoms with Crippen LogP contribution in [-0.2, 0) is 6.42 Å². The zero-order chi connectivity index (χ0) is 15.9. The van der Waals surface area contributed by atoms with Gasteiger partial charge in [0.2, 0.25) is 0 Å². The van der Waals surface area contributed by atoms with Crippen LogP contribution in [0.1, 0.15) is 24.8 Å². The van der Waals surface area contributed by atoms with Crippen molar-refractivity contribution in [3.63, 3.8) is 0 Å². The Bertz CT molecular complexity index is 493. The highest BCUT2D eigenvalue weighted by Gasteiger charge is 2.16. The topological polar surface area (TPSA) is 35.6 Å². The van der Waals surface area contributed by atoms with Crippen molar-refractivity contribution in [1.29, 1.82) is 0 Å². The SMILES string of the molecule is O=C(Nc1ccc(CCN2CCCCC2)cc1)N1CCSCC1. The Morgan fingerprint density at radius 3 is 2.39 bits per heavy atom. The largest absolute Gasteiger partial charge is 0.323 e. The molecule has 0 radical (unpaired) electrons. The van der Waals surface area contributed by atoms with Gasteiger partial charge < -0.3 is 15.1 Å². The van der Waals surface area contributed by atoms with E-state index >= 15 is 0 Å². The van der Waals surface area contributed by atoms with Crippen molar-refractivity contribution in [2.45, 2.75) is 25.7 Å². The van der Waals surface area contributed by atoms with Gasteiger partial charge in [0.05, 0.1) is 0 Å². The molecule has 0 unspecified atom stereocenters. The second-order valence-corrected chi connectivity index (χ2v) is 7.60. The molecule has 1 N–H and O–H groups in total. The number of hydrogen-bond donors (Lipinski definition) is 1. The molecule has 0 spiro atoms. The summed E-state index contributed by atoms with van der Waals surface area (Å²) in [6, 6.07) is 8.38. The van der Waals surface area contributed by atoms with Crippen LogP contribution < -0.4 is 5.32 Å². The molecular weight excluding hydrogens is 306 g/mol. The molecule has 2 heterocycles. The van der Waals surface area contributed by atoms with Gasteiger partial charge in [-0.2, -0.15) is 11.8 Å². The van der Waals surface area contributed by atoms with E-state index in [0.29, 0.717) is 0 Å². The smallest absolute Gasteiger partial charge is 0.321 e. The van der Waals surface area contributed by atoms with Crippen molar-refractivity contribution < 1.29 is 4.79 Å². The van der Waals surface area contributed by atoms with Crippen LogP contribution in [0.5, 0.6) is 0 Å². The number of nitrogens with zero attached hydrogens (tertiary/aromatic N) is 2. The first kappa shape index (κ1) is 16.7. The van der Waals surface area contributed by atoms with Gasteiger partial charge in [0.25, 0.3) is 0 Å². The Balaban J connectivity index is 1.45. The van der Waals surface area contributed by atoms with Gasteiger partial charge in [-0.15, -0.1) is 0 Å². The Morgan fingerprint density at radius 2 is 1.70 bits per heavy atom. The van der Waals surface area contributed by atoms with Gasteiger partial charge in [0.15, 0.2) is 0 Å². The van der Waals surface area contributed by atoms with Gasteiger partial charge in [-0.05, 0) is 50.0 Å². The Kier molecular flexibility index (Phi) is 6.22.